The number of nitrogens with zero attached hydrogens (tertiary/aromatic N) is 5. The fourth-order valence-electron chi connectivity index (χ4n) is 3.59. The first-order chi connectivity index (χ1) is 16.4. The third kappa shape index (κ3) is 5.01. The first-order valence-corrected chi connectivity index (χ1v) is 11.1. The highest BCUT2D eigenvalue weighted by Gasteiger charge is 2.13. The molecule has 34 heavy (non-hydrogen) atoms. The average molecular weight is 483 g/mol. The summed E-state index contributed by atoms with van der Waals surface area (Å²) in [4.78, 5) is 23.4. The van der Waals surface area contributed by atoms with Crippen LogP contribution in [0, 0.1) is 5.82 Å². The number of fused-ring (bicyclic) bond motifs is 1. The molecule has 9 nitrogen and oxygen atoms in total. The molecule has 0 aliphatic carbocycles. The third-order valence-electron chi connectivity index (χ3n) is 5.29. The lowest BCUT2D eigenvalue weighted by Crippen LogP contribution is -2.34. The zero-order chi connectivity index (χ0) is 24.2. The van der Waals surface area contributed by atoms with Crippen LogP contribution in [0.15, 0.2) is 48.7 Å². The Hall–Kier alpha value is -3.92. The number of hydrazine groups is 1. The number of nitrogens with one attached hydrogen (secondary N) is 3. The van der Waals surface area contributed by atoms with E-state index < -0.39 is 6.03 Å². The van der Waals surface area contributed by atoms with Gasteiger partial charge in [0.25, 0.3) is 0 Å². The van der Waals surface area contributed by atoms with Crippen molar-refractivity contribution >= 4 is 46.0 Å². The minimum Gasteiger partial charge on any atom is -0.357 e. The van der Waals surface area contributed by atoms with Gasteiger partial charge in [0.05, 0.1) is 6.20 Å². The average Bonchev–Trinajstić information content (AvgIpc) is 3.19. The molecule has 0 atom stereocenters. The molecule has 11 heteroatoms. The van der Waals surface area contributed by atoms with Crippen LogP contribution in [0.25, 0.3) is 22.2 Å². The Morgan fingerprint density at radius 1 is 1.12 bits per heavy atom. The van der Waals surface area contributed by atoms with Crippen molar-refractivity contribution < 1.29 is 9.18 Å². The normalized spacial score (nSPS) is 10.9. The van der Waals surface area contributed by atoms with Crippen LogP contribution in [0.4, 0.5) is 26.5 Å². The van der Waals surface area contributed by atoms with Gasteiger partial charge in [-0.1, -0.05) is 23.7 Å². The van der Waals surface area contributed by atoms with Gasteiger partial charge in [-0.15, -0.1) is 0 Å². The van der Waals surface area contributed by atoms with Crippen molar-refractivity contribution in [2.75, 3.05) is 28.7 Å². The summed E-state index contributed by atoms with van der Waals surface area (Å²) in [6.45, 7) is 5.55. The van der Waals surface area contributed by atoms with Crippen molar-refractivity contribution in [2.24, 2.45) is 7.05 Å². The van der Waals surface area contributed by atoms with E-state index in [2.05, 4.69) is 31.2 Å². The topological polar surface area (TPSA) is 100 Å². The number of benzene rings is 1. The predicted octanol–water partition coefficient (Wildman–Crippen LogP) is 4.82. The van der Waals surface area contributed by atoms with Crippen LogP contribution < -0.4 is 21.1 Å². The van der Waals surface area contributed by atoms with Crippen molar-refractivity contribution in [3.8, 4) is 11.1 Å². The number of hydrogen-bond acceptors (Lipinski definition) is 6. The van der Waals surface area contributed by atoms with Gasteiger partial charge in [0.15, 0.2) is 5.65 Å². The van der Waals surface area contributed by atoms with E-state index in [0.717, 1.165) is 29.6 Å². The van der Waals surface area contributed by atoms with E-state index in [9.17, 15) is 9.18 Å². The van der Waals surface area contributed by atoms with Crippen molar-refractivity contribution in [1.82, 2.24) is 25.2 Å². The molecule has 0 fully saturated rings. The lowest BCUT2D eigenvalue weighted by atomic mass is 10.0. The molecule has 0 aliphatic rings. The lowest BCUT2D eigenvalue weighted by molar-refractivity contribution is 0.254. The van der Waals surface area contributed by atoms with E-state index in [4.69, 9.17) is 11.6 Å². The number of amides is 2. The Bertz CT molecular complexity index is 1320. The minimum absolute atomic E-state index is 0.278. The van der Waals surface area contributed by atoms with Crippen molar-refractivity contribution in [3.05, 3.63) is 59.6 Å². The molecule has 3 heterocycles. The van der Waals surface area contributed by atoms with Crippen LogP contribution in [-0.4, -0.2) is 38.9 Å². The second kappa shape index (κ2) is 9.92. The molecular formula is C23H24ClFN8O. The first kappa shape index (κ1) is 23.2. The number of pyridine rings is 2. The van der Waals surface area contributed by atoms with Gasteiger partial charge in [-0.25, -0.2) is 19.2 Å². The van der Waals surface area contributed by atoms with Crippen LogP contribution >= 0.6 is 11.6 Å². The van der Waals surface area contributed by atoms with Crippen LogP contribution in [0.5, 0.6) is 0 Å². The summed E-state index contributed by atoms with van der Waals surface area (Å²) in [5.41, 5.74) is 8.11. The van der Waals surface area contributed by atoms with Gasteiger partial charge in [-0.05, 0) is 49.2 Å². The first-order valence-electron chi connectivity index (χ1n) is 10.7. The number of rotatable bonds is 7. The number of anilines is 3. The molecule has 0 radical (unpaired) electrons. The molecule has 0 aliphatic heterocycles. The van der Waals surface area contributed by atoms with Crippen LogP contribution in [0.2, 0.25) is 5.15 Å². The van der Waals surface area contributed by atoms with E-state index in [0.29, 0.717) is 23.0 Å². The fraction of sp³-hybridized carbons (Fsp3) is 0.217. The maximum Gasteiger partial charge on any atom is 0.337 e. The molecule has 0 saturated carbocycles. The molecule has 0 saturated heterocycles. The molecular weight excluding hydrogens is 459 g/mol. The molecule has 176 valence electrons. The van der Waals surface area contributed by atoms with E-state index in [-0.39, 0.29) is 11.0 Å². The van der Waals surface area contributed by atoms with E-state index in [1.54, 1.807) is 48.3 Å². The maximum absolute atomic E-state index is 13.4. The van der Waals surface area contributed by atoms with Crippen molar-refractivity contribution in [1.29, 1.82) is 0 Å². The fourth-order valence-corrected chi connectivity index (χ4v) is 3.80. The molecule has 1 aromatic carbocycles. The molecule has 0 bridgehead atoms. The predicted molar refractivity (Wildman–Crippen MR) is 132 cm³/mol. The van der Waals surface area contributed by atoms with Gasteiger partial charge < -0.3 is 10.2 Å². The third-order valence-corrected chi connectivity index (χ3v) is 5.48. The Morgan fingerprint density at radius 3 is 2.56 bits per heavy atom. The second-order valence-corrected chi connectivity index (χ2v) is 7.87. The van der Waals surface area contributed by atoms with Crippen molar-refractivity contribution in [3.63, 3.8) is 0 Å². The van der Waals surface area contributed by atoms with Gasteiger partial charge in [0, 0.05) is 37.3 Å². The van der Waals surface area contributed by atoms with Gasteiger partial charge in [-0.2, -0.15) is 5.10 Å². The lowest BCUT2D eigenvalue weighted by Gasteiger charge is -2.20. The van der Waals surface area contributed by atoms with Gasteiger partial charge in [0.1, 0.15) is 22.6 Å². The summed E-state index contributed by atoms with van der Waals surface area (Å²) in [5.74, 6) is 0.743. The van der Waals surface area contributed by atoms with E-state index >= 15 is 0 Å². The minimum atomic E-state index is -0.511. The van der Waals surface area contributed by atoms with E-state index in [1.807, 2.05) is 18.7 Å². The molecule has 0 unspecified atom stereocenters. The highest BCUT2D eigenvalue weighted by molar-refractivity contribution is 6.29. The van der Waals surface area contributed by atoms with Crippen molar-refractivity contribution in [2.45, 2.75) is 13.8 Å². The highest BCUT2D eigenvalue weighted by atomic mass is 35.5. The van der Waals surface area contributed by atoms with E-state index in [1.165, 1.54) is 12.1 Å². The quantitative estimate of drug-likeness (QED) is 0.258. The number of hydrogen-bond donors (Lipinski definition) is 3. The maximum atomic E-state index is 13.4. The van der Waals surface area contributed by atoms with Gasteiger partial charge in [0.2, 0.25) is 0 Å². The Balaban J connectivity index is 1.53. The molecule has 3 aromatic heterocycles. The number of aromatic nitrogens is 4. The Morgan fingerprint density at radius 2 is 1.85 bits per heavy atom. The smallest absolute Gasteiger partial charge is 0.337 e. The highest BCUT2D eigenvalue weighted by Crippen LogP contribution is 2.30. The largest absolute Gasteiger partial charge is 0.357 e. The second-order valence-electron chi connectivity index (χ2n) is 7.48. The van der Waals surface area contributed by atoms with Crippen LogP contribution in [0.1, 0.15) is 13.8 Å². The van der Waals surface area contributed by atoms with Crippen LogP contribution in [0.3, 0.4) is 0 Å². The summed E-state index contributed by atoms with van der Waals surface area (Å²) in [7, 11) is 1.77. The Labute approximate surface area is 200 Å². The zero-order valence-corrected chi connectivity index (χ0v) is 19.7. The molecule has 0 spiro atoms. The molecule has 3 N–H and O–H groups in total. The number of carbonyl (C=O) groups is 1. The summed E-state index contributed by atoms with van der Waals surface area (Å²) in [5, 5.41) is 8.09. The summed E-state index contributed by atoms with van der Waals surface area (Å²) < 4.78 is 15.0. The summed E-state index contributed by atoms with van der Waals surface area (Å²) in [6, 6.07) is 10.7. The van der Waals surface area contributed by atoms with Gasteiger partial charge in [-0.3, -0.25) is 15.5 Å². The summed E-state index contributed by atoms with van der Waals surface area (Å²) >= 11 is 6.14. The van der Waals surface area contributed by atoms with Gasteiger partial charge >= 0.3 is 6.03 Å². The monoisotopic (exact) mass is 482 g/mol. The number of aryl methyl sites for hydroxylation is 1. The standard InChI is InChI=1S/C23H24ClFN8O/c1-4-33(5-2)21-11-16(10-19(24)28-21)27-23(34)31-30-20-12-17(14-6-8-15(25)9-7-14)18-13-26-32(3)22(18)29-20/h6-13H,4-5H2,1-3H3,(H,29,30)(H2,27,28,31,34). The number of urea groups is 1. The SMILES string of the molecule is CCN(CC)c1cc(NC(=O)NNc2cc(-c3ccc(F)cc3)c3cnn(C)c3n2)cc(Cl)n1. The molecule has 4 rings (SSSR count). The molecule has 4 aromatic rings. The van der Waals surface area contributed by atoms with Crippen LogP contribution in [-0.2, 0) is 7.05 Å². The zero-order valence-electron chi connectivity index (χ0n) is 18.9. The summed E-state index contributed by atoms with van der Waals surface area (Å²) in [6.07, 6.45) is 1.70. The molecule has 2 amide bonds. The Kier molecular flexibility index (Phi) is 6.78. The number of halogens is 2. The number of carbonyl (C=O) groups excluding carboxylic acids is 1.